The van der Waals surface area contributed by atoms with Crippen molar-refractivity contribution in [1.82, 2.24) is 20.2 Å². The van der Waals surface area contributed by atoms with E-state index in [9.17, 15) is 0 Å². The van der Waals surface area contributed by atoms with Gasteiger partial charge in [0.1, 0.15) is 0 Å². The molecule has 0 aliphatic heterocycles. The van der Waals surface area contributed by atoms with Crippen LogP contribution in [0.5, 0.6) is 0 Å². The van der Waals surface area contributed by atoms with Gasteiger partial charge in [0.25, 0.3) is 0 Å². The summed E-state index contributed by atoms with van der Waals surface area (Å²) >= 11 is 0. The molecule has 3 N–H and O–H groups in total. The van der Waals surface area contributed by atoms with Gasteiger partial charge in [0.2, 0.25) is 0 Å². The Labute approximate surface area is 123 Å². The van der Waals surface area contributed by atoms with Gasteiger partial charge in [0, 0.05) is 37.3 Å². The van der Waals surface area contributed by atoms with Crippen molar-refractivity contribution in [3.8, 4) is 0 Å². The fraction of sp³-hybridized carbons (Fsp3) is 0.250. The Hall–Kier alpha value is -2.24. The number of hydrazine groups is 1. The molecule has 0 amide bonds. The van der Waals surface area contributed by atoms with Gasteiger partial charge in [-0.2, -0.15) is 5.10 Å². The Balaban J connectivity index is 1.83. The molecule has 0 aliphatic rings. The Morgan fingerprint density at radius 1 is 1.14 bits per heavy atom. The first kappa shape index (κ1) is 13.7. The third-order valence-corrected chi connectivity index (χ3v) is 3.74. The molecule has 3 aromatic rings. The average Bonchev–Trinajstić information content (AvgIpc) is 2.84. The van der Waals surface area contributed by atoms with Gasteiger partial charge < -0.3 is 0 Å². The Bertz CT molecular complexity index is 720. The summed E-state index contributed by atoms with van der Waals surface area (Å²) in [6, 6.07) is 12.4. The van der Waals surface area contributed by atoms with Crippen LogP contribution in [-0.2, 0) is 19.9 Å². The van der Waals surface area contributed by atoms with E-state index in [2.05, 4.69) is 27.6 Å². The van der Waals surface area contributed by atoms with Gasteiger partial charge >= 0.3 is 0 Å². The molecule has 2 heterocycles. The minimum absolute atomic E-state index is 0.144. The van der Waals surface area contributed by atoms with Crippen molar-refractivity contribution in [3.05, 3.63) is 60.0 Å². The molecular weight excluding hydrogens is 262 g/mol. The van der Waals surface area contributed by atoms with Crippen LogP contribution in [0.3, 0.4) is 0 Å². The number of hydrogen-bond acceptors (Lipinski definition) is 4. The highest BCUT2D eigenvalue weighted by atomic mass is 15.3. The van der Waals surface area contributed by atoms with Gasteiger partial charge in [-0.05, 0) is 30.2 Å². The molecule has 1 unspecified atom stereocenters. The van der Waals surface area contributed by atoms with Crippen LogP contribution in [-0.4, -0.2) is 20.8 Å². The first-order chi connectivity index (χ1) is 10.3. The maximum absolute atomic E-state index is 5.72. The number of para-hydroxylation sites is 1. The van der Waals surface area contributed by atoms with Crippen LogP contribution in [0.25, 0.3) is 10.9 Å². The van der Waals surface area contributed by atoms with Crippen molar-refractivity contribution < 1.29 is 0 Å². The molecule has 3 rings (SSSR count). The monoisotopic (exact) mass is 281 g/mol. The highest BCUT2D eigenvalue weighted by molar-refractivity contribution is 5.81. The number of nitrogens with one attached hydrogen (secondary N) is 1. The van der Waals surface area contributed by atoms with E-state index in [0.29, 0.717) is 0 Å². The fourth-order valence-electron chi connectivity index (χ4n) is 2.67. The first-order valence-electron chi connectivity index (χ1n) is 7.03. The van der Waals surface area contributed by atoms with Gasteiger partial charge in [-0.3, -0.25) is 20.9 Å². The van der Waals surface area contributed by atoms with Crippen molar-refractivity contribution in [2.45, 2.75) is 18.9 Å². The normalized spacial score (nSPS) is 12.7. The molecule has 0 spiro atoms. The highest BCUT2D eigenvalue weighted by Gasteiger charge is 2.14. The van der Waals surface area contributed by atoms with E-state index in [1.54, 1.807) is 12.4 Å². The third kappa shape index (κ3) is 2.94. The molecule has 0 radical (unpaired) electrons. The second-order valence-corrected chi connectivity index (χ2v) is 5.21. The summed E-state index contributed by atoms with van der Waals surface area (Å²) < 4.78 is 1.92. The van der Waals surface area contributed by atoms with Gasteiger partial charge in [-0.1, -0.05) is 18.2 Å². The average molecular weight is 281 g/mol. The summed E-state index contributed by atoms with van der Waals surface area (Å²) in [5.74, 6) is 5.72. The van der Waals surface area contributed by atoms with Gasteiger partial charge in [0.05, 0.1) is 11.2 Å². The molecule has 0 saturated carbocycles. The molecule has 108 valence electrons. The van der Waals surface area contributed by atoms with Crippen molar-refractivity contribution >= 4 is 10.9 Å². The second kappa shape index (κ2) is 6.03. The Kier molecular flexibility index (Phi) is 3.94. The molecule has 0 bridgehead atoms. The number of rotatable bonds is 5. The first-order valence-corrected chi connectivity index (χ1v) is 7.03. The lowest BCUT2D eigenvalue weighted by atomic mass is 10.0. The number of aromatic nitrogens is 3. The zero-order valence-corrected chi connectivity index (χ0v) is 12.0. The van der Waals surface area contributed by atoms with E-state index in [-0.39, 0.29) is 6.04 Å². The molecule has 0 saturated heterocycles. The molecule has 1 atom stereocenters. The highest BCUT2D eigenvalue weighted by Crippen LogP contribution is 2.19. The van der Waals surface area contributed by atoms with Gasteiger partial charge in [-0.25, -0.2) is 0 Å². The molecule has 0 fully saturated rings. The number of nitrogens with two attached hydrogens (primary N) is 1. The quantitative estimate of drug-likeness (QED) is 0.550. The minimum atomic E-state index is 0.144. The number of nitrogens with zero attached hydrogens (tertiary/aromatic N) is 3. The Morgan fingerprint density at radius 3 is 2.67 bits per heavy atom. The van der Waals surface area contributed by atoms with E-state index < -0.39 is 0 Å². The summed E-state index contributed by atoms with van der Waals surface area (Å²) in [4.78, 5) is 4.04. The van der Waals surface area contributed by atoms with Crippen LogP contribution in [0, 0.1) is 0 Å². The molecule has 5 heteroatoms. The smallest absolute Gasteiger partial charge is 0.0719 e. The molecule has 21 heavy (non-hydrogen) atoms. The lowest BCUT2D eigenvalue weighted by Crippen LogP contribution is -2.38. The van der Waals surface area contributed by atoms with Gasteiger partial charge in [0.15, 0.2) is 0 Å². The maximum Gasteiger partial charge on any atom is 0.0719 e. The summed E-state index contributed by atoms with van der Waals surface area (Å²) in [7, 11) is 1.97. The van der Waals surface area contributed by atoms with E-state index in [0.717, 1.165) is 24.1 Å². The van der Waals surface area contributed by atoms with Crippen LogP contribution in [0.15, 0.2) is 48.8 Å². The molecule has 1 aromatic carbocycles. The van der Waals surface area contributed by atoms with Crippen molar-refractivity contribution in [2.75, 3.05) is 0 Å². The summed E-state index contributed by atoms with van der Waals surface area (Å²) in [6.07, 6.45) is 5.25. The largest absolute Gasteiger partial charge is 0.271 e. The number of fused-ring (bicyclic) bond motifs is 1. The zero-order valence-electron chi connectivity index (χ0n) is 12.0. The number of aryl methyl sites for hydroxylation is 1. The predicted molar refractivity (Wildman–Crippen MR) is 83.5 cm³/mol. The fourth-order valence-corrected chi connectivity index (χ4v) is 2.67. The van der Waals surface area contributed by atoms with Gasteiger partial charge in [-0.15, -0.1) is 0 Å². The number of pyridine rings is 1. The van der Waals surface area contributed by atoms with Crippen molar-refractivity contribution in [3.63, 3.8) is 0 Å². The molecule has 0 aliphatic carbocycles. The standard InChI is InChI=1S/C16H19N5/c1-21-16-5-3-2-4-14(16)15(20-21)11-13(19-17)10-12-6-8-18-9-7-12/h2-9,13,19H,10-11,17H2,1H3. The van der Waals surface area contributed by atoms with Crippen LogP contribution < -0.4 is 11.3 Å². The van der Waals surface area contributed by atoms with Crippen molar-refractivity contribution in [2.24, 2.45) is 12.9 Å². The lowest BCUT2D eigenvalue weighted by Gasteiger charge is -2.14. The molecule has 2 aromatic heterocycles. The summed E-state index contributed by atoms with van der Waals surface area (Å²) in [5, 5.41) is 5.82. The summed E-state index contributed by atoms with van der Waals surface area (Å²) in [6.45, 7) is 0. The van der Waals surface area contributed by atoms with E-state index >= 15 is 0 Å². The zero-order chi connectivity index (χ0) is 14.7. The summed E-state index contributed by atoms with van der Waals surface area (Å²) in [5.41, 5.74) is 6.34. The maximum atomic E-state index is 5.72. The van der Waals surface area contributed by atoms with Crippen molar-refractivity contribution in [1.29, 1.82) is 0 Å². The number of hydrogen-bond donors (Lipinski definition) is 2. The lowest BCUT2D eigenvalue weighted by molar-refractivity contribution is 0.515. The predicted octanol–water partition coefficient (Wildman–Crippen LogP) is 1.59. The third-order valence-electron chi connectivity index (χ3n) is 3.74. The van der Waals surface area contributed by atoms with E-state index in [4.69, 9.17) is 5.84 Å². The Morgan fingerprint density at radius 2 is 1.90 bits per heavy atom. The SMILES string of the molecule is Cn1nc(CC(Cc2ccncc2)NN)c2ccccc21. The number of benzene rings is 1. The van der Waals surface area contributed by atoms with Crippen LogP contribution in [0.1, 0.15) is 11.3 Å². The van der Waals surface area contributed by atoms with Crippen LogP contribution in [0.4, 0.5) is 0 Å². The van der Waals surface area contributed by atoms with E-state index in [1.807, 2.05) is 36.0 Å². The van der Waals surface area contributed by atoms with Crippen LogP contribution >= 0.6 is 0 Å². The molecular formula is C16H19N5. The molecule has 5 nitrogen and oxygen atoms in total. The second-order valence-electron chi connectivity index (χ2n) is 5.21. The topological polar surface area (TPSA) is 68.8 Å². The minimum Gasteiger partial charge on any atom is -0.271 e. The van der Waals surface area contributed by atoms with Crippen LogP contribution in [0.2, 0.25) is 0 Å². The van der Waals surface area contributed by atoms with E-state index in [1.165, 1.54) is 10.9 Å².